The fourth-order valence-corrected chi connectivity index (χ4v) is 3.15. The van der Waals surface area contributed by atoms with E-state index in [0.717, 1.165) is 36.5 Å². The minimum absolute atomic E-state index is 0.291. The van der Waals surface area contributed by atoms with Crippen LogP contribution in [0.2, 0.25) is 0 Å². The summed E-state index contributed by atoms with van der Waals surface area (Å²) in [4.78, 5) is 6.51. The van der Waals surface area contributed by atoms with Crippen molar-refractivity contribution in [1.82, 2.24) is 14.8 Å². The minimum Gasteiger partial charge on any atom is -0.378 e. The molecule has 0 saturated carbocycles. The number of aliphatic imine (C=N–C) groups is 1. The quantitative estimate of drug-likeness (QED) is 0.550. The van der Waals surface area contributed by atoms with E-state index in [1.54, 1.807) is 0 Å². The van der Waals surface area contributed by atoms with Gasteiger partial charge >= 0.3 is 0 Å². The fraction of sp³-hybridized carbons (Fsp3) is 0.706. The Bertz CT molecular complexity index is 499. The van der Waals surface area contributed by atoms with Crippen LogP contribution in [0.5, 0.6) is 0 Å². The van der Waals surface area contributed by atoms with Crippen molar-refractivity contribution in [2.45, 2.75) is 39.8 Å². The summed E-state index contributed by atoms with van der Waals surface area (Å²) in [6.07, 6.45) is 3.34. The van der Waals surface area contributed by atoms with Gasteiger partial charge in [0.1, 0.15) is 0 Å². The number of nitrogens with one attached hydrogen (secondary N) is 1. The van der Waals surface area contributed by atoms with Crippen molar-refractivity contribution >= 4 is 21.9 Å². The van der Waals surface area contributed by atoms with Crippen molar-refractivity contribution in [2.75, 3.05) is 27.2 Å². The summed E-state index contributed by atoms with van der Waals surface area (Å²) in [5.74, 6) is 1.43. The third-order valence-electron chi connectivity index (χ3n) is 3.88. The molecule has 1 N–H and O–H groups in total. The Morgan fingerprint density at radius 2 is 2.17 bits per heavy atom. The van der Waals surface area contributed by atoms with E-state index < -0.39 is 0 Å². The van der Waals surface area contributed by atoms with Crippen LogP contribution in [0, 0.1) is 5.92 Å². The molecule has 0 saturated heterocycles. The van der Waals surface area contributed by atoms with Gasteiger partial charge in [0.25, 0.3) is 0 Å². The molecule has 132 valence electrons. The van der Waals surface area contributed by atoms with Crippen LogP contribution in [0.1, 0.15) is 32.9 Å². The highest BCUT2D eigenvalue weighted by Crippen LogP contribution is 2.15. The third kappa shape index (κ3) is 6.55. The highest BCUT2D eigenvalue weighted by atomic mass is 79.9. The molecule has 1 aromatic rings. The zero-order valence-electron chi connectivity index (χ0n) is 15.3. The lowest BCUT2D eigenvalue weighted by atomic mass is 10.0. The zero-order chi connectivity index (χ0) is 17.4. The van der Waals surface area contributed by atoms with Gasteiger partial charge in [0.15, 0.2) is 5.96 Å². The van der Waals surface area contributed by atoms with Gasteiger partial charge in [-0.1, -0.05) is 13.8 Å². The molecule has 23 heavy (non-hydrogen) atoms. The molecular formula is C17H31BrN4O. The highest BCUT2D eigenvalue weighted by molar-refractivity contribution is 9.10. The number of rotatable bonds is 8. The topological polar surface area (TPSA) is 41.8 Å². The van der Waals surface area contributed by atoms with Crippen LogP contribution < -0.4 is 5.32 Å². The number of hydrogen-bond donors (Lipinski definition) is 1. The Labute approximate surface area is 149 Å². The molecule has 1 heterocycles. The maximum atomic E-state index is 5.79. The summed E-state index contributed by atoms with van der Waals surface area (Å²) in [5, 5.41) is 3.43. The van der Waals surface area contributed by atoms with Crippen molar-refractivity contribution in [1.29, 1.82) is 0 Å². The Hall–Kier alpha value is -1.01. The largest absolute Gasteiger partial charge is 0.378 e. The molecule has 0 aliphatic rings. The molecule has 0 fully saturated rings. The van der Waals surface area contributed by atoms with E-state index in [9.17, 15) is 0 Å². The van der Waals surface area contributed by atoms with Crippen LogP contribution in [0.3, 0.4) is 0 Å². The lowest BCUT2D eigenvalue weighted by molar-refractivity contribution is 0.0257. The molecular weight excluding hydrogens is 356 g/mol. The number of aryl methyl sites for hydroxylation is 1. The summed E-state index contributed by atoms with van der Waals surface area (Å²) >= 11 is 3.51. The fourth-order valence-electron chi connectivity index (χ4n) is 2.58. The first-order valence-corrected chi connectivity index (χ1v) is 9.02. The first-order valence-electron chi connectivity index (χ1n) is 8.23. The molecule has 1 unspecified atom stereocenters. The van der Waals surface area contributed by atoms with Gasteiger partial charge < -0.3 is 19.5 Å². The van der Waals surface area contributed by atoms with Crippen LogP contribution in [0.4, 0.5) is 0 Å². The van der Waals surface area contributed by atoms with Gasteiger partial charge in [0.05, 0.1) is 12.6 Å². The molecule has 0 amide bonds. The normalized spacial score (nSPS) is 13.5. The summed E-state index contributed by atoms with van der Waals surface area (Å²) < 4.78 is 9.01. The second-order valence-corrected chi connectivity index (χ2v) is 7.03. The van der Waals surface area contributed by atoms with Crippen LogP contribution in [-0.2, 0) is 18.3 Å². The lowest BCUT2D eigenvalue weighted by Gasteiger charge is -2.25. The van der Waals surface area contributed by atoms with Gasteiger partial charge in [-0.15, -0.1) is 0 Å². The highest BCUT2D eigenvalue weighted by Gasteiger charge is 2.14. The average molecular weight is 387 g/mol. The Morgan fingerprint density at radius 3 is 2.65 bits per heavy atom. The molecule has 0 aliphatic heterocycles. The van der Waals surface area contributed by atoms with Crippen molar-refractivity contribution in [2.24, 2.45) is 18.0 Å². The second kappa shape index (κ2) is 9.98. The van der Waals surface area contributed by atoms with E-state index in [4.69, 9.17) is 4.74 Å². The first-order chi connectivity index (χ1) is 10.9. The van der Waals surface area contributed by atoms with Crippen molar-refractivity contribution in [3.05, 3.63) is 22.4 Å². The summed E-state index contributed by atoms with van der Waals surface area (Å²) in [5.41, 5.74) is 1.23. The summed E-state index contributed by atoms with van der Waals surface area (Å²) in [7, 11) is 5.93. The van der Waals surface area contributed by atoms with Crippen LogP contribution >= 0.6 is 15.9 Å². The predicted octanol–water partition coefficient (Wildman–Crippen LogP) is 3.25. The molecule has 0 bridgehead atoms. The van der Waals surface area contributed by atoms with E-state index in [-0.39, 0.29) is 0 Å². The predicted molar refractivity (Wildman–Crippen MR) is 101 cm³/mol. The van der Waals surface area contributed by atoms with Gasteiger partial charge in [-0.2, -0.15) is 0 Å². The molecule has 0 aliphatic carbocycles. The molecule has 5 nitrogen and oxygen atoms in total. The Morgan fingerprint density at radius 1 is 1.48 bits per heavy atom. The third-order valence-corrected chi connectivity index (χ3v) is 4.32. The van der Waals surface area contributed by atoms with Crippen molar-refractivity contribution in [3.63, 3.8) is 0 Å². The van der Waals surface area contributed by atoms with Gasteiger partial charge in [-0.05, 0) is 41.3 Å². The molecule has 6 heteroatoms. The Kier molecular flexibility index (Phi) is 8.69. The number of hydrogen-bond acceptors (Lipinski definition) is 2. The van der Waals surface area contributed by atoms with Gasteiger partial charge in [-0.3, -0.25) is 4.99 Å². The van der Waals surface area contributed by atoms with Crippen molar-refractivity contribution < 1.29 is 4.74 Å². The first kappa shape index (κ1) is 20.0. The zero-order valence-corrected chi connectivity index (χ0v) is 16.9. The van der Waals surface area contributed by atoms with Gasteiger partial charge in [0, 0.05) is 50.7 Å². The second-order valence-electron chi connectivity index (χ2n) is 6.12. The lowest BCUT2D eigenvalue weighted by Crippen LogP contribution is -2.40. The molecule has 1 aromatic heterocycles. The summed E-state index contributed by atoms with van der Waals surface area (Å²) in [6, 6.07) is 2.13. The van der Waals surface area contributed by atoms with E-state index in [0.29, 0.717) is 12.0 Å². The van der Waals surface area contributed by atoms with Crippen LogP contribution in [0.25, 0.3) is 0 Å². The maximum absolute atomic E-state index is 5.79. The maximum Gasteiger partial charge on any atom is 0.193 e. The number of aromatic nitrogens is 1. The van der Waals surface area contributed by atoms with E-state index in [1.807, 2.05) is 14.0 Å². The van der Waals surface area contributed by atoms with E-state index in [2.05, 4.69) is 75.9 Å². The molecule has 0 spiro atoms. The number of ether oxygens (including phenoxy) is 1. The number of halogens is 1. The van der Waals surface area contributed by atoms with Gasteiger partial charge in [-0.25, -0.2) is 0 Å². The van der Waals surface area contributed by atoms with Gasteiger partial charge in [0.2, 0.25) is 0 Å². The molecule has 1 rings (SSSR count). The molecule has 0 radical (unpaired) electrons. The van der Waals surface area contributed by atoms with Crippen LogP contribution in [0.15, 0.2) is 21.7 Å². The monoisotopic (exact) mass is 386 g/mol. The standard InChI is InChI=1S/C17H31BrN4O/c1-7-23-16(13(2)3)8-9-20-17(19-4)22(6)12-15-10-14(18)11-21(15)5/h10-11,13,16H,7-9,12H2,1-6H3,(H,19,20). The average Bonchev–Trinajstić information content (AvgIpc) is 2.79. The van der Waals surface area contributed by atoms with Crippen molar-refractivity contribution in [3.8, 4) is 0 Å². The van der Waals surface area contributed by atoms with E-state index >= 15 is 0 Å². The smallest absolute Gasteiger partial charge is 0.193 e. The molecule has 1 atom stereocenters. The van der Waals surface area contributed by atoms with E-state index in [1.165, 1.54) is 5.69 Å². The Balaban J connectivity index is 2.51. The number of nitrogens with zero attached hydrogens (tertiary/aromatic N) is 3. The summed E-state index contributed by atoms with van der Waals surface area (Å²) in [6.45, 7) is 8.88. The number of guanidine groups is 1. The molecule has 0 aromatic carbocycles. The van der Waals surface area contributed by atoms with Crippen LogP contribution in [-0.4, -0.2) is 48.8 Å². The minimum atomic E-state index is 0.291. The SMILES string of the molecule is CCOC(CCNC(=NC)N(C)Cc1cc(Br)cn1C)C(C)C.